The van der Waals surface area contributed by atoms with Gasteiger partial charge < -0.3 is 5.32 Å². The lowest BCUT2D eigenvalue weighted by atomic mass is 10.1. The van der Waals surface area contributed by atoms with E-state index >= 15 is 0 Å². The monoisotopic (exact) mass is 278 g/mol. The molecule has 21 heavy (non-hydrogen) atoms. The second kappa shape index (κ2) is 6.33. The molecule has 0 aliphatic rings. The van der Waals surface area contributed by atoms with Gasteiger partial charge in [-0.05, 0) is 12.5 Å². The quantitative estimate of drug-likeness (QED) is 0.754. The normalized spacial score (nSPS) is 10.7. The molecular weight excluding hydrogens is 260 g/mol. The third-order valence-electron chi connectivity index (χ3n) is 3.37. The number of nitrogens with one attached hydrogen (secondary N) is 2. The number of aromatic nitrogens is 3. The van der Waals surface area contributed by atoms with Crippen LogP contribution in [0.5, 0.6) is 0 Å². The maximum atomic E-state index is 4.25. The van der Waals surface area contributed by atoms with Gasteiger partial charge in [-0.2, -0.15) is 15.4 Å². The van der Waals surface area contributed by atoms with E-state index in [0.29, 0.717) is 6.54 Å². The molecule has 0 bridgehead atoms. The first-order valence-corrected chi connectivity index (χ1v) is 7.04. The van der Waals surface area contributed by atoms with E-state index in [1.165, 1.54) is 11.1 Å². The van der Waals surface area contributed by atoms with Crippen LogP contribution in [0.25, 0.3) is 11.3 Å². The molecule has 2 N–H and O–H groups in total. The van der Waals surface area contributed by atoms with Crippen molar-refractivity contribution in [2.24, 2.45) is 0 Å². The number of hydrogen-bond acceptors (Lipinski definition) is 3. The fraction of sp³-hybridized carbons (Fsp3) is 0.176. The minimum absolute atomic E-state index is 0.689. The van der Waals surface area contributed by atoms with Gasteiger partial charge in [-0.1, -0.05) is 60.2 Å². The molecule has 0 aliphatic heterocycles. The molecule has 3 rings (SSSR count). The van der Waals surface area contributed by atoms with E-state index in [1.54, 1.807) is 0 Å². The van der Waals surface area contributed by atoms with Gasteiger partial charge in [0, 0.05) is 18.7 Å². The van der Waals surface area contributed by atoms with Crippen LogP contribution in [0, 0.1) is 6.92 Å². The van der Waals surface area contributed by atoms with Gasteiger partial charge in [-0.15, -0.1) is 0 Å². The first-order chi connectivity index (χ1) is 10.3. The molecule has 106 valence electrons. The van der Waals surface area contributed by atoms with E-state index in [4.69, 9.17) is 0 Å². The summed E-state index contributed by atoms with van der Waals surface area (Å²) in [5, 5.41) is 14.6. The number of hydrogen-bond donors (Lipinski definition) is 2. The van der Waals surface area contributed by atoms with Crippen molar-refractivity contribution >= 4 is 0 Å². The van der Waals surface area contributed by atoms with Crippen LogP contribution in [0.4, 0.5) is 0 Å². The van der Waals surface area contributed by atoms with Gasteiger partial charge in [-0.25, -0.2) is 0 Å². The molecule has 4 nitrogen and oxygen atoms in total. The molecule has 0 atom stereocenters. The Kier molecular flexibility index (Phi) is 4.07. The van der Waals surface area contributed by atoms with Gasteiger partial charge in [-0.3, -0.25) is 0 Å². The Morgan fingerprint density at radius 1 is 0.952 bits per heavy atom. The van der Waals surface area contributed by atoms with E-state index in [2.05, 4.69) is 51.9 Å². The molecule has 0 spiro atoms. The number of benzene rings is 2. The zero-order valence-electron chi connectivity index (χ0n) is 12.0. The number of rotatable bonds is 5. The summed E-state index contributed by atoms with van der Waals surface area (Å²) in [5.41, 5.74) is 5.49. The SMILES string of the molecule is Cc1cccc(CNCc2n[nH]nc2-c2ccccc2)c1. The molecule has 0 saturated carbocycles. The highest BCUT2D eigenvalue weighted by atomic mass is 15.3. The van der Waals surface area contributed by atoms with Crippen molar-refractivity contribution in [2.75, 3.05) is 0 Å². The molecule has 0 fully saturated rings. The topological polar surface area (TPSA) is 53.6 Å². The molecule has 0 aliphatic carbocycles. The van der Waals surface area contributed by atoms with E-state index in [1.807, 2.05) is 30.3 Å². The second-order valence-electron chi connectivity index (χ2n) is 5.08. The minimum atomic E-state index is 0.689. The highest BCUT2D eigenvalue weighted by Gasteiger charge is 2.09. The molecular formula is C17H18N4. The van der Waals surface area contributed by atoms with Crippen molar-refractivity contribution in [3.05, 3.63) is 71.4 Å². The molecule has 2 aromatic carbocycles. The summed E-state index contributed by atoms with van der Waals surface area (Å²) in [4.78, 5) is 0. The molecule has 4 heteroatoms. The zero-order chi connectivity index (χ0) is 14.5. The number of H-pyrrole nitrogens is 1. The Morgan fingerprint density at radius 3 is 2.62 bits per heavy atom. The smallest absolute Gasteiger partial charge is 0.117 e. The van der Waals surface area contributed by atoms with E-state index in [-0.39, 0.29) is 0 Å². The molecule has 0 saturated heterocycles. The Morgan fingerprint density at radius 2 is 1.81 bits per heavy atom. The Labute approximate surface area is 124 Å². The summed E-state index contributed by atoms with van der Waals surface area (Å²) in [5.74, 6) is 0. The van der Waals surface area contributed by atoms with Crippen molar-refractivity contribution in [3.8, 4) is 11.3 Å². The molecule has 3 aromatic rings. The number of nitrogens with zero attached hydrogens (tertiary/aromatic N) is 2. The number of aromatic amines is 1. The van der Waals surface area contributed by atoms with E-state index < -0.39 is 0 Å². The highest BCUT2D eigenvalue weighted by Crippen LogP contribution is 2.18. The molecule has 0 radical (unpaired) electrons. The van der Waals surface area contributed by atoms with Gasteiger partial charge in [0.25, 0.3) is 0 Å². The average molecular weight is 278 g/mol. The van der Waals surface area contributed by atoms with Crippen molar-refractivity contribution in [1.82, 2.24) is 20.7 Å². The predicted octanol–water partition coefficient (Wildman–Crippen LogP) is 3.07. The van der Waals surface area contributed by atoms with Crippen molar-refractivity contribution in [1.29, 1.82) is 0 Å². The summed E-state index contributed by atoms with van der Waals surface area (Å²) < 4.78 is 0. The highest BCUT2D eigenvalue weighted by molar-refractivity contribution is 5.60. The first kappa shape index (κ1) is 13.5. The number of aryl methyl sites for hydroxylation is 1. The summed E-state index contributed by atoms with van der Waals surface area (Å²) >= 11 is 0. The second-order valence-corrected chi connectivity index (χ2v) is 5.08. The fourth-order valence-corrected chi connectivity index (χ4v) is 2.35. The minimum Gasteiger partial charge on any atom is -0.307 e. The van der Waals surface area contributed by atoms with Gasteiger partial charge >= 0.3 is 0 Å². The van der Waals surface area contributed by atoms with Crippen LogP contribution in [0.2, 0.25) is 0 Å². The summed E-state index contributed by atoms with van der Waals surface area (Å²) in [6.07, 6.45) is 0. The standard InChI is InChI=1S/C17H18N4/c1-13-6-5-7-14(10-13)11-18-12-16-17(20-21-19-16)15-8-3-2-4-9-15/h2-10,18H,11-12H2,1H3,(H,19,20,21). The van der Waals surface area contributed by atoms with Gasteiger partial charge in [0.15, 0.2) is 0 Å². The van der Waals surface area contributed by atoms with Crippen LogP contribution in [0.3, 0.4) is 0 Å². The maximum absolute atomic E-state index is 4.25. The van der Waals surface area contributed by atoms with Crippen LogP contribution in [0.15, 0.2) is 54.6 Å². The summed E-state index contributed by atoms with van der Waals surface area (Å²) in [6.45, 7) is 3.62. The Bertz CT molecular complexity index is 704. The predicted molar refractivity (Wildman–Crippen MR) is 83.5 cm³/mol. The van der Waals surface area contributed by atoms with Crippen molar-refractivity contribution < 1.29 is 0 Å². The fourth-order valence-electron chi connectivity index (χ4n) is 2.35. The summed E-state index contributed by atoms with van der Waals surface area (Å²) in [7, 11) is 0. The lowest BCUT2D eigenvalue weighted by Crippen LogP contribution is -2.13. The average Bonchev–Trinajstić information content (AvgIpc) is 2.97. The lowest BCUT2D eigenvalue weighted by Gasteiger charge is -2.05. The third kappa shape index (κ3) is 3.35. The van der Waals surface area contributed by atoms with E-state index in [0.717, 1.165) is 23.5 Å². The molecule has 0 unspecified atom stereocenters. The third-order valence-corrected chi connectivity index (χ3v) is 3.37. The zero-order valence-corrected chi connectivity index (χ0v) is 12.0. The van der Waals surface area contributed by atoms with Crippen LogP contribution < -0.4 is 5.32 Å². The van der Waals surface area contributed by atoms with Crippen LogP contribution in [-0.2, 0) is 13.1 Å². The van der Waals surface area contributed by atoms with Crippen LogP contribution in [0.1, 0.15) is 16.8 Å². The largest absolute Gasteiger partial charge is 0.307 e. The first-order valence-electron chi connectivity index (χ1n) is 7.04. The summed E-state index contributed by atoms with van der Waals surface area (Å²) in [6, 6.07) is 18.6. The van der Waals surface area contributed by atoms with Gasteiger partial charge in [0.1, 0.15) is 11.4 Å². The van der Waals surface area contributed by atoms with E-state index in [9.17, 15) is 0 Å². The van der Waals surface area contributed by atoms with Crippen LogP contribution in [-0.4, -0.2) is 15.4 Å². The lowest BCUT2D eigenvalue weighted by molar-refractivity contribution is 0.677. The Balaban J connectivity index is 1.66. The van der Waals surface area contributed by atoms with Gasteiger partial charge in [0.2, 0.25) is 0 Å². The van der Waals surface area contributed by atoms with Crippen molar-refractivity contribution in [2.45, 2.75) is 20.0 Å². The molecule has 0 amide bonds. The van der Waals surface area contributed by atoms with Gasteiger partial charge in [0.05, 0.1) is 0 Å². The molecule has 1 heterocycles. The van der Waals surface area contributed by atoms with Crippen LogP contribution >= 0.6 is 0 Å². The maximum Gasteiger partial charge on any atom is 0.117 e. The Hall–Kier alpha value is -2.46. The molecule has 1 aromatic heterocycles. The van der Waals surface area contributed by atoms with Crippen molar-refractivity contribution in [3.63, 3.8) is 0 Å².